The summed E-state index contributed by atoms with van der Waals surface area (Å²) in [5, 5.41) is 0.227. The molecular weight excluding hydrogens is 299 g/mol. The van der Waals surface area contributed by atoms with E-state index in [4.69, 9.17) is 13.7 Å². The van der Waals surface area contributed by atoms with Gasteiger partial charge in [-0.25, -0.2) is 0 Å². The molecule has 0 radical (unpaired) electrons. The van der Waals surface area contributed by atoms with Crippen molar-refractivity contribution in [1.82, 2.24) is 0 Å². The van der Waals surface area contributed by atoms with Crippen molar-refractivity contribution < 1.29 is 13.7 Å². The molecule has 1 rings (SSSR count). The van der Waals surface area contributed by atoms with E-state index in [1.165, 1.54) is 0 Å². The van der Waals surface area contributed by atoms with Gasteiger partial charge in [0.2, 0.25) is 0 Å². The summed E-state index contributed by atoms with van der Waals surface area (Å²) in [6.45, 7) is 20.8. The van der Waals surface area contributed by atoms with E-state index in [-0.39, 0.29) is 31.0 Å². The third-order valence-electron chi connectivity index (χ3n) is 4.99. The Morgan fingerprint density at radius 1 is 1.29 bits per heavy atom. The van der Waals surface area contributed by atoms with Gasteiger partial charge >= 0.3 is 0 Å². The summed E-state index contributed by atoms with van der Waals surface area (Å²) < 4.78 is 19.0. The second-order valence-electron chi connectivity index (χ2n) is 8.04. The Bertz CT molecular complexity index is 341. The molecule has 0 aromatic rings. The maximum atomic E-state index is 6.47. The zero-order valence-corrected chi connectivity index (χ0v) is 17.3. The van der Waals surface area contributed by atoms with Crippen molar-refractivity contribution >= 4 is 16.5 Å². The molecular formula is C16H35O3PSi. The number of ether oxygens (including phenoxy) is 1. The molecule has 0 spiro atoms. The quantitative estimate of drug-likeness (QED) is 0.505. The van der Waals surface area contributed by atoms with Crippen LogP contribution in [0, 0.1) is 0 Å². The van der Waals surface area contributed by atoms with Gasteiger partial charge in [0.05, 0.1) is 18.8 Å². The Morgan fingerprint density at radius 2 is 1.86 bits per heavy atom. The average Bonchev–Trinajstić information content (AvgIpc) is 2.61. The zero-order chi connectivity index (χ0) is 16.5. The first kappa shape index (κ1) is 19.6. The van der Waals surface area contributed by atoms with Crippen molar-refractivity contribution in [2.45, 2.75) is 83.4 Å². The molecule has 1 saturated heterocycles. The molecule has 1 fully saturated rings. The highest BCUT2D eigenvalue weighted by Crippen LogP contribution is 2.44. The molecule has 21 heavy (non-hydrogen) atoms. The highest BCUT2D eigenvalue weighted by Gasteiger charge is 2.49. The molecule has 0 N–H and O–H groups in total. The van der Waals surface area contributed by atoms with Crippen LogP contribution in [0.1, 0.15) is 47.5 Å². The smallest absolute Gasteiger partial charge is 0.192 e. The predicted molar refractivity (Wildman–Crippen MR) is 95.0 cm³/mol. The fourth-order valence-corrected chi connectivity index (χ4v) is 4.32. The van der Waals surface area contributed by atoms with Gasteiger partial charge in [-0.3, -0.25) is 0 Å². The Hall–Kier alpha value is 0.527. The van der Waals surface area contributed by atoms with Crippen molar-refractivity contribution in [2.75, 3.05) is 19.9 Å². The van der Waals surface area contributed by atoms with E-state index >= 15 is 0 Å². The number of hydrogen-bond acceptors (Lipinski definition) is 3. The Labute approximate surface area is 134 Å². The normalized spacial score (nSPS) is 31.1. The van der Waals surface area contributed by atoms with E-state index < -0.39 is 8.32 Å². The highest BCUT2D eigenvalue weighted by atomic mass is 31.1. The predicted octanol–water partition coefficient (Wildman–Crippen LogP) is 5.01. The van der Waals surface area contributed by atoms with Gasteiger partial charge in [-0.15, -0.1) is 0 Å². The van der Waals surface area contributed by atoms with Gasteiger partial charge in [0.25, 0.3) is 0 Å². The molecule has 0 bridgehead atoms. The van der Waals surface area contributed by atoms with Gasteiger partial charge in [0.1, 0.15) is 5.60 Å². The second kappa shape index (κ2) is 6.96. The van der Waals surface area contributed by atoms with Crippen molar-refractivity contribution in [3.05, 3.63) is 0 Å². The van der Waals surface area contributed by atoms with Gasteiger partial charge in [0.15, 0.2) is 8.32 Å². The lowest BCUT2D eigenvalue weighted by molar-refractivity contribution is -0.0983. The minimum absolute atomic E-state index is 0.170. The Balaban J connectivity index is 2.84. The molecule has 0 aromatic carbocycles. The maximum absolute atomic E-state index is 6.47. The van der Waals surface area contributed by atoms with Gasteiger partial charge in [-0.05, 0) is 44.8 Å². The standard InChI is InChI=1S/C16H35O3PSi/c1-10-16(12-17-21(8,9)15(3,4)5)14(19-20(6)7)11-13(2)18-16/h13-14H,10-12H2,1-9H3/t13-,14+,16-/m0/s1. The molecule has 5 heteroatoms. The average molecular weight is 335 g/mol. The molecule has 1 aliphatic heterocycles. The molecule has 0 aromatic heterocycles. The molecule has 1 aliphatic rings. The Morgan fingerprint density at radius 3 is 2.29 bits per heavy atom. The molecule has 1 heterocycles. The summed E-state index contributed by atoms with van der Waals surface area (Å²) in [4.78, 5) is 0. The minimum atomic E-state index is -1.76. The fraction of sp³-hybridized carbons (Fsp3) is 1.00. The van der Waals surface area contributed by atoms with Crippen LogP contribution < -0.4 is 0 Å². The first-order chi connectivity index (χ1) is 9.43. The van der Waals surface area contributed by atoms with E-state index in [1.54, 1.807) is 0 Å². The van der Waals surface area contributed by atoms with Crippen LogP contribution in [-0.2, 0) is 13.7 Å². The first-order valence-electron chi connectivity index (χ1n) is 8.09. The summed E-state index contributed by atoms with van der Waals surface area (Å²) in [6.07, 6.45) is 2.35. The summed E-state index contributed by atoms with van der Waals surface area (Å²) >= 11 is 0. The third-order valence-corrected chi connectivity index (χ3v) is 10.1. The fourth-order valence-electron chi connectivity index (χ4n) is 2.49. The minimum Gasteiger partial charge on any atom is -0.414 e. The van der Waals surface area contributed by atoms with E-state index in [2.05, 4.69) is 61.0 Å². The van der Waals surface area contributed by atoms with Gasteiger partial charge in [-0.2, -0.15) is 0 Å². The van der Waals surface area contributed by atoms with E-state index in [0.29, 0.717) is 6.61 Å². The molecule has 0 saturated carbocycles. The van der Waals surface area contributed by atoms with Crippen LogP contribution in [0.3, 0.4) is 0 Å². The lowest BCUT2D eigenvalue weighted by Crippen LogP contribution is -2.50. The van der Waals surface area contributed by atoms with E-state index in [9.17, 15) is 0 Å². The number of rotatable bonds is 6. The lowest BCUT2D eigenvalue weighted by atomic mass is 9.94. The van der Waals surface area contributed by atoms with Crippen LogP contribution in [0.2, 0.25) is 18.1 Å². The second-order valence-corrected chi connectivity index (χ2v) is 14.7. The topological polar surface area (TPSA) is 27.7 Å². The molecule has 0 aliphatic carbocycles. The molecule has 0 unspecified atom stereocenters. The van der Waals surface area contributed by atoms with Crippen molar-refractivity contribution in [2.24, 2.45) is 0 Å². The van der Waals surface area contributed by atoms with Crippen LogP contribution in [-0.4, -0.2) is 46.1 Å². The van der Waals surface area contributed by atoms with Crippen molar-refractivity contribution in [3.8, 4) is 0 Å². The van der Waals surface area contributed by atoms with Crippen molar-refractivity contribution in [3.63, 3.8) is 0 Å². The lowest BCUT2D eigenvalue weighted by Gasteiger charge is -2.41. The summed E-state index contributed by atoms with van der Waals surface area (Å²) in [6, 6.07) is 0. The van der Waals surface area contributed by atoms with Gasteiger partial charge in [-0.1, -0.05) is 27.7 Å². The largest absolute Gasteiger partial charge is 0.414 e. The SMILES string of the molecule is CC[C@@]1(CO[Si](C)(C)C(C)(C)C)O[C@@H](C)C[C@H]1OP(C)C. The summed E-state index contributed by atoms with van der Waals surface area (Å²) in [5.74, 6) is 0. The van der Waals surface area contributed by atoms with Crippen LogP contribution in [0.4, 0.5) is 0 Å². The molecule has 0 amide bonds. The highest BCUT2D eigenvalue weighted by molar-refractivity contribution is 7.50. The van der Waals surface area contributed by atoms with Crippen LogP contribution >= 0.6 is 8.15 Å². The van der Waals surface area contributed by atoms with Crippen molar-refractivity contribution in [1.29, 1.82) is 0 Å². The number of hydrogen-bond donors (Lipinski definition) is 0. The zero-order valence-electron chi connectivity index (χ0n) is 15.4. The van der Waals surface area contributed by atoms with E-state index in [1.807, 2.05) is 0 Å². The monoisotopic (exact) mass is 334 g/mol. The Kier molecular flexibility index (Phi) is 6.49. The molecule has 3 atom stereocenters. The van der Waals surface area contributed by atoms with Crippen LogP contribution in [0.15, 0.2) is 0 Å². The van der Waals surface area contributed by atoms with Crippen LogP contribution in [0.25, 0.3) is 0 Å². The van der Waals surface area contributed by atoms with E-state index in [0.717, 1.165) is 12.8 Å². The summed E-state index contributed by atoms with van der Waals surface area (Å²) in [5.41, 5.74) is -0.262. The van der Waals surface area contributed by atoms with Gasteiger partial charge < -0.3 is 13.7 Å². The third kappa shape index (κ3) is 4.75. The molecule has 3 nitrogen and oxygen atoms in total. The first-order valence-corrected chi connectivity index (χ1v) is 13.2. The maximum Gasteiger partial charge on any atom is 0.192 e. The molecule has 126 valence electrons. The van der Waals surface area contributed by atoms with Crippen LogP contribution in [0.5, 0.6) is 0 Å². The summed E-state index contributed by atoms with van der Waals surface area (Å²) in [7, 11) is -2.14. The van der Waals surface area contributed by atoms with Gasteiger partial charge in [0, 0.05) is 14.6 Å².